The van der Waals surface area contributed by atoms with Crippen LogP contribution in [-0.2, 0) is 9.59 Å². The minimum absolute atomic E-state index is 0.123. The number of anilines is 1. The maximum Gasteiger partial charge on any atom is 0.271 e. The molecule has 24 heavy (non-hydrogen) atoms. The van der Waals surface area contributed by atoms with Gasteiger partial charge in [0.25, 0.3) is 11.6 Å². The van der Waals surface area contributed by atoms with Crippen molar-refractivity contribution in [3.8, 4) is 5.75 Å². The zero-order chi connectivity index (χ0) is 17.4. The molecule has 2 amide bonds. The van der Waals surface area contributed by atoms with Crippen LogP contribution in [0.25, 0.3) is 0 Å². The number of hydrogen-bond acceptors (Lipinski definition) is 5. The largest absolute Gasteiger partial charge is 0.482 e. The molecule has 0 N–H and O–H groups in total. The molecule has 0 saturated heterocycles. The van der Waals surface area contributed by atoms with Crippen LogP contribution in [0.5, 0.6) is 5.75 Å². The molecule has 2 aliphatic rings. The first kappa shape index (κ1) is 16.2. The Bertz CT molecular complexity index is 701. The van der Waals surface area contributed by atoms with Crippen LogP contribution >= 0.6 is 0 Å². The van der Waals surface area contributed by atoms with Crippen LogP contribution in [0.2, 0.25) is 0 Å². The van der Waals surface area contributed by atoms with Gasteiger partial charge in [0.05, 0.1) is 10.6 Å². The van der Waals surface area contributed by atoms with Crippen molar-refractivity contribution < 1.29 is 19.2 Å². The first-order valence-electron chi connectivity index (χ1n) is 7.85. The molecule has 128 valence electrons. The Labute approximate surface area is 139 Å². The summed E-state index contributed by atoms with van der Waals surface area (Å²) < 4.78 is 5.30. The maximum absolute atomic E-state index is 12.5. The number of nitro groups is 1. The number of hydrogen-bond donors (Lipinski definition) is 0. The fraction of sp³-hybridized carbons (Fsp3) is 0.500. The number of nitrogens with zero attached hydrogens (tertiary/aromatic N) is 3. The second kappa shape index (κ2) is 6.10. The van der Waals surface area contributed by atoms with Gasteiger partial charge in [-0.05, 0) is 31.7 Å². The minimum Gasteiger partial charge on any atom is -0.482 e. The van der Waals surface area contributed by atoms with Gasteiger partial charge in [0.2, 0.25) is 5.91 Å². The molecule has 1 unspecified atom stereocenters. The summed E-state index contributed by atoms with van der Waals surface area (Å²) in [6.45, 7) is 1.67. The molecule has 0 spiro atoms. The second-order valence-corrected chi connectivity index (χ2v) is 6.26. The van der Waals surface area contributed by atoms with Crippen molar-refractivity contribution in [2.24, 2.45) is 5.92 Å². The topological polar surface area (TPSA) is 93.0 Å². The normalized spacial score (nSPS) is 17.8. The number of nitro benzene ring substituents is 1. The molecule has 1 atom stereocenters. The number of likely N-dealkylation sites (N-methyl/N-ethyl adjacent to an activating group) is 1. The minimum atomic E-state index is -0.541. The summed E-state index contributed by atoms with van der Waals surface area (Å²) in [5.41, 5.74) is 0.116. The van der Waals surface area contributed by atoms with Gasteiger partial charge in [-0.15, -0.1) is 0 Å². The summed E-state index contributed by atoms with van der Waals surface area (Å²) in [6, 6.07) is 4.16. The summed E-state index contributed by atoms with van der Waals surface area (Å²) >= 11 is 0. The Morgan fingerprint density at radius 2 is 2.21 bits per heavy atom. The van der Waals surface area contributed by atoms with E-state index in [2.05, 4.69) is 0 Å². The van der Waals surface area contributed by atoms with Crippen LogP contribution in [0.1, 0.15) is 19.8 Å². The molecule has 1 saturated carbocycles. The molecule has 1 aromatic rings. The average Bonchev–Trinajstić information content (AvgIpc) is 3.40. The highest BCUT2D eigenvalue weighted by atomic mass is 16.6. The Hall–Kier alpha value is -2.64. The predicted octanol–water partition coefficient (Wildman–Crippen LogP) is 1.58. The van der Waals surface area contributed by atoms with Crippen LogP contribution in [0, 0.1) is 16.0 Å². The van der Waals surface area contributed by atoms with Crippen molar-refractivity contribution in [3.05, 3.63) is 28.3 Å². The van der Waals surface area contributed by atoms with E-state index in [1.54, 1.807) is 11.9 Å². The van der Waals surface area contributed by atoms with E-state index in [4.69, 9.17) is 4.74 Å². The molecule has 8 nitrogen and oxygen atoms in total. The van der Waals surface area contributed by atoms with Gasteiger partial charge >= 0.3 is 0 Å². The zero-order valence-corrected chi connectivity index (χ0v) is 13.6. The van der Waals surface area contributed by atoms with E-state index in [0.717, 1.165) is 12.8 Å². The molecular weight excluding hydrogens is 314 g/mol. The molecule has 1 fully saturated rings. The predicted molar refractivity (Wildman–Crippen MR) is 85.9 cm³/mol. The fourth-order valence-electron chi connectivity index (χ4n) is 2.85. The van der Waals surface area contributed by atoms with Crippen LogP contribution in [0.3, 0.4) is 0 Å². The standard InChI is InChI=1S/C16H19N3O5/c1-10(11-3-4-11)17(2)15(20)8-18-13-7-12(19(22)23)5-6-14(13)24-9-16(18)21/h5-7,10-11H,3-4,8-9H2,1-2H3. The summed E-state index contributed by atoms with van der Waals surface area (Å²) in [5, 5.41) is 11.0. The molecule has 1 aliphatic heterocycles. The number of benzene rings is 1. The Morgan fingerprint density at radius 1 is 1.50 bits per heavy atom. The third-order valence-electron chi connectivity index (χ3n) is 4.70. The number of non-ortho nitro benzene ring substituents is 1. The summed E-state index contributed by atoms with van der Waals surface area (Å²) in [6.07, 6.45) is 2.23. The van der Waals surface area contributed by atoms with E-state index in [1.165, 1.54) is 23.1 Å². The van der Waals surface area contributed by atoms with E-state index in [9.17, 15) is 19.7 Å². The third-order valence-corrected chi connectivity index (χ3v) is 4.70. The monoisotopic (exact) mass is 333 g/mol. The van der Waals surface area contributed by atoms with Crippen molar-refractivity contribution >= 4 is 23.2 Å². The maximum atomic E-state index is 12.5. The van der Waals surface area contributed by atoms with E-state index < -0.39 is 4.92 Å². The van der Waals surface area contributed by atoms with Crippen molar-refractivity contribution in [2.75, 3.05) is 25.1 Å². The summed E-state index contributed by atoms with van der Waals surface area (Å²) in [7, 11) is 1.73. The lowest BCUT2D eigenvalue weighted by Crippen LogP contribution is -2.47. The Balaban J connectivity index is 1.82. The van der Waals surface area contributed by atoms with Gasteiger partial charge in [0.1, 0.15) is 12.3 Å². The highest BCUT2D eigenvalue weighted by molar-refractivity contribution is 6.02. The summed E-state index contributed by atoms with van der Waals surface area (Å²) in [5.74, 6) is 0.310. The first-order valence-corrected chi connectivity index (χ1v) is 7.85. The number of ether oxygens (including phenoxy) is 1. The lowest BCUT2D eigenvalue weighted by Gasteiger charge is -2.32. The third kappa shape index (κ3) is 3.04. The molecule has 3 rings (SSSR count). The number of fused-ring (bicyclic) bond motifs is 1. The number of carbonyl (C=O) groups excluding carboxylic acids is 2. The zero-order valence-electron chi connectivity index (χ0n) is 13.6. The molecule has 0 aromatic heterocycles. The van der Waals surface area contributed by atoms with Crippen LogP contribution in [-0.4, -0.2) is 47.9 Å². The van der Waals surface area contributed by atoms with Gasteiger partial charge in [-0.25, -0.2) is 0 Å². The van der Waals surface area contributed by atoms with Crippen molar-refractivity contribution in [1.29, 1.82) is 0 Å². The highest BCUT2D eigenvalue weighted by Crippen LogP contribution is 2.36. The first-order chi connectivity index (χ1) is 11.4. The smallest absolute Gasteiger partial charge is 0.271 e. The molecule has 1 aromatic carbocycles. The molecule has 0 bridgehead atoms. The average molecular weight is 333 g/mol. The lowest BCUT2D eigenvalue weighted by atomic mass is 10.1. The van der Waals surface area contributed by atoms with Crippen LogP contribution in [0.4, 0.5) is 11.4 Å². The van der Waals surface area contributed by atoms with Crippen LogP contribution < -0.4 is 9.64 Å². The molecule has 0 radical (unpaired) electrons. The van der Waals surface area contributed by atoms with E-state index >= 15 is 0 Å². The van der Waals surface area contributed by atoms with Gasteiger partial charge in [0, 0.05) is 25.2 Å². The van der Waals surface area contributed by atoms with E-state index in [0.29, 0.717) is 11.7 Å². The van der Waals surface area contributed by atoms with E-state index in [1.807, 2.05) is 6.92 Å². The molecule has 8 heteroatoms. The highest BCUT2D eigenvalue weighted by Gasteiger charge is 2.35. The van der Waals surface area contributed by atoms with Crippen molar-refractivity contribution in [1.82, 2.24) is 4.90 Å². The Kier molecular flexibility index (Phi) is 4.13. The summed E-state index contributed by atoms with van der Waals surface area (Å²) in [4.78, 5) is 38.0. The SMILES string of the molecule is CC(C1CC1)N(C)C(=O)CN1C(=O)COc2ccc([N+](=O)[O-])cc21. The lowest BCUT2D eigenvalue weighted by molar-refractivity contribution is -0.384. The molecule has 1 heterocycles. The van der Waals surface area contributed by atoms with Crippen molar-refractivity contribution in [3.63, 3.8) is 0 Å². The van der Waals surface area contributed by atoms with Gasteiger partial charge < -0.3 is 9.64 Å². The number of rotatable bonds is 5. The number of amides is 2. The Morgan fingerprint density at radius 3 is 2.83 bits per heavy atom. The second-order valence-electron chi connectivity index (χ2n) is 6.26. The van der Waals surface area contributed by atoms with Gasteiger partial charge in [-0.2, -0.15) is 0 Å². The quantitative estimate of drug-likeness (QED) is 0.602. The van der Waals surface area contributed by atoms with Gasteiger partial charge in [0.15, 0.2) is 6.61 Å². The van der Waals surface area contributed by atoms with Gasteiger partial charge in [-0.1, -0.05) is 0 Å². The molecular formula is C16H19N3O5. The molecule has 1 aliphatic carbocycles. The van der Waals surface area contributed by atoms with Gasteiger partial charge in [-0.3, -0.25) is 24.6 Å². The van der Waals surface area contributed by atoms with Crippen molar-refractivity contribution in [2.45, 2.75) is 25.8 Å². The van der Waals surface area contributed by atoms with E-state index in [-0.39, 0.29) is 42.4 Å². The van der Waals surface area contributed by atoms with Crippen LogP contribution in [0.15, 0.2) is 18.2 Å². The number of carbonyl (C=O) groups is 2. The fourth-order valence-corrected chi connectivity index (χ4v) is 2.85.